The van der Waals surface area contributed by atoms with Gasteiger partial charge in [0.25, 0.3) is 0 Å². The van der Waals surface area contributed by atoms with Crippen molar-refractivity contribution in [1.82, 2.24) is 34.8 Å². The van der Waals surface area contributed by atoms with Crippen LogP contribution in [0, 0.1) is 5.82 Å². The maximum atomic E-state index is 14.3. The lowest BCUT2D eigenvalue weighted by Gasteiger charge is -2.32. The van der Waals surface area contributed by atoms with Gasteiger partial charge < -0.3 is 14.3 Å². The second-order valence-corrected chi connectivity index (χ2v) is 6.99. The Morgan fingerprint density at radius 1 is 1.17 bits per heavy atom. The lowest BCUT2D eigenvalue weighted by molar-refractivity contribution is 0.503. The molecule has 5 aromatic heterocycles. The van der Waals surface area contributed by atoms with Gasteiger partial charge in [-0.25, -0.2) is 13.9 Å². The molecule has 1 aliphatic rings. The monoisotopic (exact) mass is 402 g/mol. The van der Waals surface area contributed by atoms with E-state index in [-0.39, 0.29) is 11.9 Å². The van der Waals surface area contributed by atoms with Crippen LogP contribution in [0.15, 0.2) is 59.7 Å². The number of hydrogen-bond acceptors (Lipinski definition) is 7. The standard InChI is InChI=1S/C20H15FN8O/c21-13-2-1-8-29-16(13)10-15(27-29)18-17-14(23-11-24-17)5-9-28(18)20-26-25-19(30-20)12-3-6-22-7-4-12/h1-4,6-8,10-11,18H,5,9H2,(H,23,24)/t18-/m1/s1. The number of hydrogen-bond donors (Lipinski definition) is 1. The van der Waals surface area contributed by atoms with Crippen molar-refractivity contribution in [2.45, 2.75) is 12.5 Å². The Bertz CT molecular complexity index is 1340. The van der Waals surface area contributed by atoms with Gasteiger partial charge in [-0.05, 0) is 30.3 Å². The number of nitrogens with one attached hydrogen (secondary N) is 1. The van der Waals surface area contributed by atoms with Crippen LogP contribution in [-0.4, -0.2) is 41.3 Å². The van der Waals surface area contributed by atoms with E-state index in [9.17, 15) is 4.39 Å². The fourth-order valence-corrected chi connectivity index (χ4v) is 3.86. The van der Waals surface area contributed by atoms with Crippen molar-refractivity contribution < 1.29 is 8.81 Å². The minimum Gasteiger partial charge on any atom is -0.403 e. The Kier molecular flexibility index (Phi) is 3.63. The predicted molar refractivity (Wildman–Crippen MR) is 104 cm³/mol. The number of aromatic amines is 1. The van der Waals surface area contributed by atoms with Crippen molar-refractivity contribution in [2.24, 2.45) is 0 Å². The molecular formula is C20H15FN8O. The van der Waals surface area contributed by atoms with Gasteiger partial charge in [-0.1, -0.05) is 5.10 Å². The summed E-state index contributed by atoms with van der Waals surface area (Å²) in [7, 11) is 0. The van der Waals surface area contributed by atoms with E-state index >= 15 is 0 Å². The molecule has 30 heavy (non-hydrogen) atoms. The summed E-state index contributed by atoms with van der Waals surface area (Å²) in [4.78, 5) is 13.7. The summed E-state index contributed by atoms with van der Waals surface area (Å²) in [5.74, 6) is 0.0682. The number of H-pyrrole nitrogens is 1. The molecule has 1 N–H and O–H groups in total. The normalized spacial score (nSPS) is 16.2. The first-order valence-corrected chi connectivity index (χ1v) is 9.44. The lowest BCUT2D eigenvalue weighted by Crippen LogP contribution is -2.36. The highest BCUT2D eigenvalue weighted by molar-refractivity contribution is 5.55. The molecule has 0 unspecified atom stereocenters. The van der Waals surface area contributed by atoms with Crippen molar-refractivity contribution in [3.63, 3.8) is 0 Å². The summed E-state index contributed by atoms with van der Waals surface area (Å²) < 4.78 is 21.8. The lowest BCUT2D eigenvalue weighted by atomic mass is 10.0. The summed E-state index contributed by atoms with van der Waals surface area (Å²) in [5, 5.41) is 13.1. The molecule has 0 saturated heterocycles. The molecule has 0 aromatic carbocycles. The highest BCUT2D eigenvalue weighted by Crippen LogP contribution is 2.37. The van der Waals surface area contributed by atoms with Crippen LogP contribution in [0.5, 0.6) is 0 Å². The highest BCUT2D eigenvalue weighted by Gasteiger charge is 2.36. The summed E-state index contributed by atoms with van der Waals surface area (Å²) in [6.45, 7) is 0.619. The quantitative estimate of drug-likeness (QED) is 0.495. The maximum Gasteiger partial charge on any atom is 0.319 e. The van der Waals surface area contributed by atoms with Crippen LogP contribution in [0.4, 0.5) is 10.4 Å². The van der Waals surface area contributed by atoms with Crippen LogP contribution < -0.4 is 4.90 Å². The van der Waals surface area contributed by atoms with Crippen molar-refractivity contribution in [3.05, 3.63) is 78.1 Å². The van der Waals surface area contributed by atoms with Crippen LogP contribution in [0.2, 0.25) is 0 Å². The second kappa shape index (κ2) is 6.48. The van der Waals surface area contributed by atoms with Crippen molar-refractivity contribution in [1.29, 1.82) is 0 Å². The number of pyridine rings is 2. The molecule has 0 spiro atoms. The third-order valence-corrected chi connectivity index (χ3v) is 5.26. The Balaban J connectivity index is 1.46. The molecule has 0 saturated carbocycles. The van der Waals surface area contributed by atoms with E-state index in [1.54, 1.807) is 37.1 Å². The van der Waals surface area contributed by atoms with E-state index in [1.165, 1.54) is 10.6 Å². The number of imidazole rings is 1. The fraction of sp³-hybridized carbons (Fsp3) is 0.150. The third-order valence-electron chi connectivity index (χ3n) is 5.26. The molecule has 6 rings (SSSR count). The summed E-state index contributed by atoms with van der Waals surface area (Å²) in [6.07, 6.45) is 7.46. The molecule has 148 valence electrons. The Labute approximate surface area is 169 Å². The zero-order valence-electron chi connectivity index (χ0n) is 15.6. The first kappa shape index (κ1) is 16.8. The average Bonchev–Trinajstić information content (AvgIpc) is 3.52. The molecule has 10 heteroatoms. The molecule has 0 aliphatic carbocycles. The van der Waals surface area contributed by atoms with E-state index in [4.69, 9.17) is 4.42 Å². The van der Waals surface area contributed by atoms with Crippen molar-refractivity contribution in [3.8, 4) is 11.5 Å². The van der Waals surface area contributed by atoms with Crippen LogP contribution in [0.3, 0.4) is 0 Å². The minimum atomic E-state index is -0.384. The zero-order valence-corrected chi connectivity index (χ0v) is 15.6. The van der Waals surface area contributed by atoms with Gasteiger partial charge in [0, 0.05) is 42.8 Å². The molecule has 0 fully saturated rings. The van der Waals surface area contributed by atoms with Gasteiger partial charge in [-0.15, -0.1) is 5.10 Å². The average molecular weight is 402 g/mol. The van der Waals surface area contributed by atoms with Gasteiger partial charge in [0.05, 0.1) is 17.7 Å². The van der Waals surface area contributed by atoms with Crippen LogP contribution in [0.25, 0.3) is 17.0 Å². The number of nitrogens with zero attached hydrogens (tertiary/aromatic N) is 7. The SMILES string of the molecule is Fc1cccn2nc([C@@H]3c4nc[nH]c4CCN3c3nnc(-c4ccncc4)o3)cc12. The zero-order chi connectivity index (χ0) is 20.1. The number of aromatic nitrogens is 7. The highest BCUT2D eigenvalue weighted by atomic mass is 19.1. The Morgan fingerprint density at radius 3 is 2.93 bits per heavy atom. The van der Waals surface area contributed by atoms with E-state index in [0.29, 0.717) is 29.7 Å². The van der Waals surface area contributed by atoms with Gasteiger partial charge in [0.2, 0.25) is 5.89 Å². The Morgan fingerprint density at radius 2 is 2.07 bits per heavy atom. The molecule has 0 radical (unpaired) electrons. The number of fused-ring (bicyclic) bond motifs is 2. The number of anilines is 1. The summed E-state index contributed by atoms with van der Waals surface area (Å²) in [6, 6.07) is 8.36. The van der Waals surface area contributed by atoms with E-state index in [2.05, 4.69) is 30.2 Å². The molecular weight excluding hydrogens is 387 g/mol. The fourth-order valence-electron chi connectivity index (χ4n) is 3.86. The van der Waals surface area contributed by atoms with E-state index in [1.807, 2.05) is 17.0 Å². The molecule has 0 amide bonds. The van der Waals surface area contributed by atoms with Gasteiger partial charge in [-0.3, -0.25) is 4.98 Å². The number of halogens is 1. The molecule has 1 atom stereocenters. The number of rotatable bonds is 3. The second-order valence-electron chi connectivity index (χ2n) is 6.99. The first-order valence-electron chi connectivity index (χ1n) is 9.44. The van der Waals surface area contributed by atoms with Gasteiger partial charge in [-0.2, -0.15) is 5.10 Å². The van der Waals surface area contributed by atoms with Gasteiger partial charge in [0.15, 0.2) is 0 Å². The summed E-state index contributed by atoms with van der Waals surface area (Å²) >= 11 is 0. The van der Waals surface area contributed by atoms with Crippen LogP contribution in [-0.2, 0) is 6.42 Å². The first-order chi connectivity index (χ1) is 14.8. The predicted octanol–water partition coefficient (Wildman–Crippen LogP) is 2.79. The smallest absolute Gasteiger partial charge is 0.319 e. The molecule has 5 aromatic rings. The molecule has 0 bridgehead atoms. The van der Waals surface area contributed by atoms with E-state index in [0.717, 1.165) is 23.4 Å². The third kappa shape index (κ3) is 2.57. The maximum absolute atomic E-state index is 14.3. The van der Waals surface area contributed by atoms with Crippen LogP contribution >= 0.6 is 0 Å². The van der Waals surface area contributed by atoms with Crippen molar-refractivity contribution in [2.75, 3.05) is 11.4 Å². The van der Waals surface area contributed by atoms with Crippen molar-refractivity contribution >= 4 is 11.5 Å². The van der Waals surface area contributed by atoms with Gasteiger partial charge in [0.1, 0.15) is 17.4 Å². The minimum absolute atomic E-state index is 0.335. The summed E-state index contributed by atoms with van der Waals surface area (Å²) in [5.41, 5.74) is 3.67. The van der Waals surface area contributed by atoms with E-state index < -0.39 is 0 Å². The van der Waals surface area contributed by atoms with Gasteiger partial charge >= 0.3 is 6.01 Å². The molecule has 9 nitrogen and oxygen atoms in total. The molecule has 1 aliphatic heterocycles. The Hall–Kier alpha value is -4.08. The van der Waals surface area contributed by atoms with Crippen LogP contribution in [0.1, 0.15) is 23.1 Å². The molecule has 6 heterocycles. The topological polar surface area (TPSA) is 101 Å². The largest absolute Gasteiger partial charge is 0.403 e.